The molecule has 0 radical (unpaired) electrons. The maximum absolute atomic E-state index is 13.9. The smallest absolute Gasteiger partial charge is 0.271 e. The van der Waals surface area contributed by atoms with Gasteiger partial charge in [0.25, 0.3) is 5.91 Å². The van der Waals surface area contributed by atoms with Crippen molar-refractivity contribution in [3.8, 4) is 0 Å². The maximum Gasteiger partial charge on any atom is 0.271 e. The molecular weight excluding hydrogens is 681 g/mol. The number of aromatic nitrogens is 2. The summed E-state index contributed by atoms with van der Waals surface area (Å²) >= 11 is 2.55. The number of benzene rings is 1. The van der Waals surface area contributed by atoms with Crippen molar-refractivity contribution in [2.24, 2.45) is 5.92 Å². The predicted molar refractivity (Wildman–Crippen MR) is 194 cm³/mol. The van der Waals surface area contributed by atoms with Gasteiger partial charge in [-0.25, -0.2) is 4.98 Å². The van der Waals surface area contributed by atoms with Crippen molar-refractivity contribution in [3.63, 3.8) is 0 Å². The third kappa shape index (κ3) is 10.1. The molecule has 3 heterocycles. The Labute approximate surface area is 300 Å². The molecule has 14 nitrogen and oxygen atoms in total. The summed E-state index contributed by atoms with van der Waals surface area (Å²) in [6.07, 6.45) is 4.24. The molecule has 0 fully saturated rings. The van der Waals surface area contributed by atoms with E-state index < -0.39 is 47.7 Å². The molecule has 3 aromatic rings. The standard InChI is InChI=1S/C34H46N8O6S2/c1-20(2)13-25-32-39-27(18-50-32)31(46)38-26(14-22-15-35-24-10-8-7-9-23(22)24)34(48)41(5)16-28(43)36-21(3)33(47)40(4)11-12-42(17-29(44)37-25)30(45)19-49-6/h7-10,15,18,20-21,25-26,35H,11-14,16-17,19H2,1-6H3,(H,36,43)(H,37,44)(H,38,46)/t21-,25-,26+/m0/s1. The highest BCUT2D eigenvalue weighted by molar-refractivity contribution is 7.99. The Hall–Kier alpha value is -4.44. The Morgan fingerprint density at radius 2 is 1.68 bits per heavy atom. The molecule has 50 heavy (non-hydrogen) atoms. The van der Waals surface area contributed by atoms with Crippen LogP contribution in [0.5, 0.6) is 0 Å². The first-order chi connectivity index (χ1) is 23.8. The van der Waals surface area contributed by atoms with Crippen molar-refractivity contribution in [1.82, 2.24) is 40.6 Å². The lowest BCUT2D eigenvalue weighted by Gasteiger charge is -2.28. The average Bonchev–Trinajstić information content (AvgIpc) is 3.72. The van der Waals surface area contributed by atoms with Gasteiger partial charge in [-0.15, -0.1) is 11.3 Å². The molecule has 4 N–H and O–H groups in total. The van der Waals surface area contributed by atoms with Gasteiger partial charge in [0.05, 0.1) is 24.9 Å². The van der Waals surface area contributed by atoms with Gasteiger partial charge in [-0.05, 0) is 37.1 Å². The summed E-state index contributed by atoms with van der Waals surface area (Å²) in [6, 6.07) is 5.09. The molecular formula is C34H46N8O6S2. The Balaban J connectivity index is 1.67. The number of rotatable bonds is 6. The number of hydrogen-bond donors (Lipinski definition) is 4. The van der Waals surface area contributed by atoms with E-state index in [0.717, 1.165) is 16.5 Å². The van der Waals surface area contributed by atoms with Crippen LogP contribution in [0.2, 0.25) is 0 Å². The van der Waals surface area contributed by atoms with Crippen LogP contribution in [0.15, 0.2) is 35.8 Å². The molecule has 2 bridgehead atoms. The first-order valence-corrected chi connectivity index (χ1v) is 18.7. The second-order valence-corrected chi connectivity index (χ2v) is 14.7. The molecule has 4 rings (SSSR count). The van der Waals surface area contributed by atoms with Gasteiger partial charge in [-0.1, -0.05) is 32.0 Å². The number of likely N-dealkylation sites (N-methyl/N-ethyl adjacent to an activating group) is 2. The monoisotopic (exact) mass is 726 g/mol. The Bertz CT molecular complexity index is 1710. The zero-order valence-corrected chi connectivity index (χ0v) is 30.9. The number of thioether (sulfide) groups is 1. The molecule has 0 saturated heterocycles. The molecule has 16 heteroatoms. The molecule has 0 unspecified atom stereocenters. The molecule has 1 aromatic carbocycles. The number of nitrogens with zero attached hydrogens (tertiary/aromatic N) is 4. The number of hydrogen-bond acceptors (Lipinski definition) is 9. The van der Waals surface area contributed by atoms with E-state index in [4.69, 9.17) is 0 Å². The van der Waals surface area contributed by atoms with Gasteiger partial charge in [-0.2, -0.15) is 11.8 Å². The Morgan fingerprint density at radius 3 is 2.40 bits per heavy atom. The first-order valence-electron chi connectivity index (χ1n) is 16.4. The van der Waals surface area contributed by atoms with E-state index in [9.17, 15) is 28.8 Å². The fraction of sp³-hybridized carbons (Fsp3) is 0.500. The van der Waals surface area contributed by atoms with Crippen LogP contribution in [0.4, 0.5) is 0 Å². The number of carbonyl (C=O) groups excluding carboxylic acids is 6. The summed E-state index contributed by atoms with van der Waals surface area (Å²) in [5, 5.41) is 11.5. The largest absolute Gasteiger partial charge is 0.361 e. The summed E-state index contributed by atoms with van der Waals surface area (Å²) < 4.78 is 0. The highest BCUT2D eigenvalue weighted by atomic mass is 32.2. The number of H-pyrrole nitrogens is 1. The predicted octanol–water partition coefficient (Wildman–Crippen LogP) is 1.80. The number of thiazole rings is 1. The van der Waals surface area contributed by atoms with Crippen LogP contribution in [0.1, 0.15) is 54.3 Å². The van der Waals surface area contributed by atoms with Gasteiger partial charge >= 0.3 is 0 Å². The van der Waals surface area contributed by atoms with Gasteiger partial charge in [0.15, 0.2) is 0 Å². The summed E-state index contributed by atoms with van der Waals surface area (Å²) in [5.41, 5.74) is 1.76. The van der Waals surface area contributed by atoms with Crippen molar-refractivity contribution in [2.75, 3.05) is 52.3 Å². The summed E-state index contributed by atoms with van der Waals surface area (Å²) in [5.74, 6) is -2.39. The number of aromatic amines is 1. The molecule has 1 aliphatic rings. The maximum atomic E-state index is 13.9. The fourth-order valence-electron chi connectivity index (χ4n) is 5.74. The van der Waals surface area contributed by atoms with Crippen molar-refractivity contribution in [2.45, 2.75) is 51.7 Å². The van der Waals surface area contributed by atoms with Crippen molar-refractivity contribution < 1.29 is 28.8 Å². The quantitative estimate of drug-likeness (QED) is 0.297. The highest BCUT2D eigenvalue weighted by Gasteiger charge is 2.30. The van der Waals surface area contributed by atoms with Crippen LogP contribution < -0.4 is 16.0 Å². The lowest BCUT2D eigenvalue weighted by atomic mass is 10.0. The van der Waals surface area contributed by atoms with Gasteiger partial charge in [0, 0.05) is 56.1 Å². The van der Waals surface area contributed by atoms with E-state index in [2.05, 4.69) is 25.9 Å². The average molecular weight is 727 g/mol. The topological polar surface area (TPSA) is 177 Å². The fourth-order valence-corrected chi connectivity index (χ4v) is 7.03. The molecule has 0 spiro atoms. The lowest BCUT2D eigenvalue weighted by Crippen LogP contribution is -2.53. The van der Waals surface area contributed by atoms with E-state index in [1.165, 1.54) is 51.8 Å². The number of nitrogens with one attached hydrogen (secondary N) is 4. The van der Waals surface area contributed by atoms with Gasteiger partial charge < -0.3 is 35.6 Å². The SMILES string of the molecule is CSCC(=O)N1CCN(C)C(=O)[C@H](C)NC(=O)CN(C)C(=O)[C@@H](Cc2c[nH]c3ccccc23)NC(=O)c2csc(n2)[C@H](CC(C)C)NC(=O)C1. The van der Waals surface area contributed by atoms with E-state index in [1.807, 2.05) is 38.1 Å². The van der Waals surface area contributed by atoms with Crippen LogP contribution in [-0.4, -0.2) is 124 Å². The summed E-state index contributed by atoms with van der Waals surface area (Å²) in [6.45, 7) is 5.18. The molecule has 6 amide bonds. The van der Waals surface area contributed by atoms with Crippen LogP contribution in [-0.2, 0) is 30.4 Å². The molecule has 1 aliphatic heterocycles. The van der Waals surface area contributed by atoms with Crippen molar-refractivity contribution in [1.29, 1.82) is 0 Å². The van der Waals surface area contributed by atoms with Gasteiger partial charge in [-0.3, -0.25) is 28.8 Å². The minimum Gasteiger partial charge on any atom is -0.361 e. The van der Waals surface area contributed by atoms with Crippen molar-refractivity contribution in [3.05, 3.63) is 52.1 Å². The van der Waals surface area contributed by atoms with Crippen molar-refractivity contribution >= 4 is 69.4 Å². The van der Waals surface area contributed by atoms with Gasteiger partial charge in [0.1, 0.15) is 22.8 Å². The molecule has 270 valence electrons. The lowest BCUT2D eigenvalue weighted by molar-refractivity contribution is -0.139. The third-order valence-corrected chi connectivity index (χ3v) is 9.83. The number of carbonyl (C=O) groups is 6. The second kappa shape index (κ2) is 17.5. The summed E-state index contributed by atoms with van der Waals surface area (Å²) in [4.78, 5) is 91.9. The number of para-hydroxylation sites is 1. The van der Waals surface area contributed by atoms with Crippen LogP contribution >= 0.6 is 23.1 Å². The van der Waals surface area contributed by atoms with Crippen LogP contribution in [0.3, 0.4) is 0 Å². The zero-order chi connectivity index (χ0) is 36.5. The van der Waals surface area contributed by atoms with E-state index >= 15 is 0 Å². The van der Waals surface area contributed by atoms with E-state index in [1.54, 1.807) is 24.9 Å². The zero-order valence-electron chi connectivity index (χ0n) is 29.3. The van der Waals surface area contributed by atoms with Crippen LogP contribution in [0, 0.1) is 5.92 Å². The Kier molecular flexibility index (Phi) is 13.4. The summed E-state index contributed by atoms with van der Waals surface area (Å²) in [7, 11) is 3.02. The highest BCUT2D eigenvalue weighted by Crippen LogP contribution is 2.25. The molecule has 3 atom stereocenters. The Morgan fingerprint density at radius 1 is 0.960 bits per heavy atom. The molecule has 0 aliphatic carbocycles. The molecule has 0 saturated carbocycles. The molecule has 2 aromatic heterocycles. The minimum atomic E-state index is -1.06. The number of amides is 6. The van der Waals surface area contributed by atoms with E-state index in [0.29, 0.717) is 11.4 Å². The van der Waals surface area contributed by atoms with Crippen LogP contribution in [0.25, 0.3) is 10.9 Å². The minimum absolute atomic E-state index is 0.0863. The first kappa shape index (κ1) is 38.4. The third-order valence-electron chi connectivity index (χ3n) is 8.34. The van der Waals surface area contributed by atoms with E-state index in [-0.39, 0.29) is 55.9 Å². The normalized spacial score (nSPS) is 20.8. The second-order valence-electron chi connectivity index (χ2n) is 12.9. The number of fused-ring (bicyclic) bond motifs is 3. The van der Waals surface area contributed by atoms with Gasteiger partial charge in [0.2, 0.25) is 29.5 Å².